The molecule has 0 bridgehead atoms. The number of nitrogens with one attached hydrogen (secondary N) is 1. The average Bonchev–Trinajstić information content (AvgIpc) is 2.40. The van der Waals surface area contributed by atoms with Crippen molar-refractivity contribution in [1.82, 2.24) is 10.2 Å². The molecule has 1 aliphatic rings. The van der Waals surface area contributed by atoms with E-state index in [9.17, 15) is 0 Å². The molecule has 1 aliphatic heterocycles. The second-order valence-corrected chi connectivity index (χ2v) is 7.09. The minimum atomic E-state index is 0.362. The molecular formula is C17H36N2. The monoisotopic (exact) mass is 268 g/mol. The van der Waals surface area contributed by atoms with Crippen molar-refractivity contribution in [2.24, 2.45) is 11.8 Å². The van der Waals surface area contributed by atoms with Crippen LogP contribution in [0.25, 0.3) is 0 Å². The number of rotatable bonds is 7. The van der Waals surface area contributed by atoms with Gasteiger partial charge in [0.25, 0.3) is 0 Å². The van der Waals surface area contributed by atoms with Crippen LogP contribution in [0.3, 0.4) is 0 Å². The highest BCUT2D eigenvalue weighted by atomic mass is 15.3. The summed E-state index contributed by atoms with van der Waals surface area (Å²) in [6, 6.07) is 0.736. The third-order valence-corrected chi connectivity index (χ3v) is 5.07. The number of nitrogens with zero attached hydrogens (tertiary/aromatic N) is 1. The molecule has 1 fully saturated rings. The van der Waals surface area contributed by atoms with Crippen molar-refractivity contribution < 1.29 is 0 Å². The summed E-state index contributed by atoms with van der Waals surface area (Å²) in [7, 11) is 0. The van der Waals surface area contributed by atoms with Gasteiger partial charge in [-0.3, -0.25) is 4.90 Å². The maximum absolute atomic E-state index is 3.87. The molecule has 0 aromatic carbocycles. The molecule has 2 nitrogen and oxygen atoms in total. The standard InChI is InChI=1S/C17H36N2/c1-7-15(6)12-19-13-17(8-2,9-3)18-11-16(19)10-14(4)5/h14-16,18H,7-13H2,1-6H3. The predicted octanol–water partition coefficient (Wildman–Crippen LogP) is 3.91. The summed E-state index contributed by atoms with van der Waals surface area (Å²) in [4.78, 5) is 2.79. The van der Waals surface area contributed by atoms with E-state index in [1.54, 1.807) is 0 Å². The van der Waals surface area contributed by atoms with Crippen LogP contribution in [0.1, 0.15) is 67.2 Å². The van der Waals surface area contributed by atoms with Crippen LogP contribution in [0, 0.1) is 11.8 Å². The van der Waals surface area contributed by atoms with Crippen molar-refractivity contribution in [2.45, 2.75) is 78.8 Å². The first kappa shape index (κ1) is 17.0. The predicted molar refractivity (Wildman–Crippen MR) is 85.6 cm³/mol. The van der Waals surface area contributed by atoms with Crippen molar-refractivity contribution >= 4 is 0 Å². The topological polar surface area (TPSA) is 15.3 Å². The molecule has 1 N–H and O–H groups in total. The molecule has 0 saturated carbocycles. The third kappa shape index (κ3) is 4.75. The number of piperazine rings is 1. The minimum Gasteiger partial charge on any atom is -0.308 e. The van der Waals surface area contributed by atoms with Gasteiger partial charge in [0.2, 0.25) is 0 Å². The highest BCUT2D eigenvalue weighted by Gasteiger charge is 2.36. The summed E-state index contributed by atoms with van der Waals surface area (Å²) in [5, 5.41) is 3.87. The Morgan fingerprint density at radius 1 is 1.16 bits per heavy atom. The highest BCUT2D eigenvalue weighted by Crippen LogP contribution is 2.26. The summed E-state index contributed by atoms with van der Waals surface area (Å²) in [6.07, 6.45) is 5.11. The molecule has 2 unspecified atom stereocenters. The molecular weight excluding hydrogens is 232 g/mol. The first-order chi connectivity index (χ1) is 8.96. The van der Waals surface area contributed by atoms with E-state index in [-0.39, 0.29) is 0 Å². The number of hydrogen-bond donors (Lipinski definition) is 1. The Hall–Kier alpha value is -0.0800. The van der Waals surface area contributed by atoms with Crippen LogP contribution >= 0.6 is 0 Å². The lowest BCUT2D eigenvalue weighted by Crippen LogP contribution is -2.64. The maximum Gasteiger partial charge on any atom is 0.0304 e. The van der Waals surface area contributed by atoms with Crippen LogP contribution in [0.4, 0.5) is 0 Å². The lowest BCUT2D eigenvalue weighted by molar-refractivity contribution is 0.0510. The minimum absolute atomic E-state index is 0.362. The van der Waals surface area contributed by atoms with Gasteiger partial charge in [0.15, 0.2) is 0 Å². The molecule has 1 heterocycles. The van der Waals surface area contributed by atoms with Crippen molar-refractivity contribution in [1.29, 1.82) is 0 Å². The molecule has 0 spiro atoms. The zero-order valence-electron chi connectivity index (χ0n) is 14.1. The molecule has 1 saturated heterocycles. The van der Waals surface area contributed by atoms with Gasteiger partial charge in [0, 0.05) is 31.2 Å². The highest BCUT2D eigenvalue weighted by molar-refractivity contribution is 4.97. The van der Waals surface area contributed by atoms with Gasteiger partial charge in [0.05, 0.1) is 0 Å². The zero-order chi connectivity index (χ0) is 14.5. The second-order valence-electron chi connectivity index (χ2n) is 7.09. The van der Waals surface area contributed by atoms with Gasteiger partial charge in [0.1, 0.15) is 0 Å². The smallest absolute Gasteiger partial charge is 0.0304 e. The van der Waals surface area contributed by atoms with Crippen molar-refractivity contribution in [3.63, 3.8) is 0 Å². The van der Waals surface area contributed by atoms with Crippen LogP contribution in [0.2, 0.25) is 0 Å². The lowest BCUT2D eigenvalue weighted by Gasteiger charge is -2.48. The molecule has 2 atom stereocenters. The normalized spacial score (nSPS) is 25.7. The van der Waals surface area contributed by atoms with E-state index in [4.69, 9.17) is 0 Å². The SMILES string of the molecule is CCC(C)CN1CC(CC)(CC)NCC1CC(C)C. The van der Waals surface area contributed by atoms with E-state index >= 15 is 0 Å². The Labute approximate surface area is 121 Å². The van der Waals surface area contributed by atoms with E-state index in [2.05, 4.69) is 51.8 Å². The Kier molecular flexibility index (Phi) is 6.82. The summed E-state index contributed by atoms with van der Waals surface area (Å²) in [5.74, 6) is 1.61. The fourth-order valence-corrected chi connectivity index (χ4v) is 3.28. The van der Waals surface area contributed by atoms with Crippen LogP contribution in [-0.4, -0.2) is 36.1 Å². The van der Waals surface area contributed by atoms with Crippen LogP contribution in [0.5, 0.6) is 0 Å². The van der Waals surface area contributed by atoms with Gasteiger partial charge in [-0.25, -0.2) is 0 Å². The Balaban J connectivity index is 2.73. The van der Waals surface area contributed by atoms with Gasteiger partial charge in [-0.2, -0.15) is 0 Å². The third-order valence-electron chi connectivity index (χ3n) is 5.07. The summed E-state index contributed by atoms with van der Waals surface area (Å²) in [5.41, 5.74) is 0.362. The molecule has 19 heavy (non-hydrogen) atoms. The fraction of sp³-hybridized carbons (Fsp3) is 1.00. The maximum atomic E-state index is 3.87. The second kappa shape index (κ2) is 7.64. The molecule has 0 aromatic rings. The van der Waals surface area contributed by atoms with Gasteiger partial charge >= 0.3 is 0 Å². The number of hydrogen-bond acceptors (Lipinski definition) is 2. The quantitative estimate of drug-likeness (QED) is 0.753. The van der Waals surface area contributed by atoms with E-state index < -0.39 is 0 Å². The van der Waals surface area contributed by atoms with E-state index in [1.807, 2.05) is 0 Å². The summed E-state index contributed by atoms with van der Waals surface area (Å²) >= 11 is 0. The van der Waals surface area contributed by atoms with E-state index in [1.165, 1.54) is 45.3 Å². The summed E-state index contributed by atoms with van der Waals surface area (Å²) < 4.78 is 0. The van der Waals surface area contributed by atoms with Crippen LogP contribution in [0.15, 0.2) is 0 Å². The van der Waals surface area contributed by atoms with Crippen LogP contribution < -0.4 is 5.32 Å². The molecule has 2 heteroatoms. The van der Waals surface area contributed by atoms with Crippen molar-refractivity contribution in [2.75, 3.05) is 19.6 Å². The van der Waals surface area contributed by atoms with Gasteiger partial charge in [-0.15, -0.1) is 0 Å². The largest absolute Gasteiger partial charge is 0.308 e. The average molecular weight is 268 g/mol. The van der Waals surface area contributed by atoms with Crippen molar-refractivity contribution in [3.05, 3.63) is 0 Å². The van der Waals surface area contributed by atoms with Gasteiger partial charge in [-0.05, 0) is 31.1 Å². The Bertz CT molecular complexity index is 246. The van der Waals surface area contributed by atoms with Crippen molar-refractivity contribution in [3.8, 4) is 0 Å². The van der Waals surface area contributed by atoms with Gasteiger partial charge < -0.3 is 5.32 Å². The molecule has 1 rings (SSSR count). The zero-order valence-corrected chi connectivity index (χ0v) is 14.1. The summed E-state index contributed by atoms with van der Waals surface area (Å²) in [6.45, 7) is 17.8. The molecule has 0 amide bonds. The Morgan fingerprint density at radius 3 is 2.26 bits per heavy atom. The lowest BCUT2D eigenvalue weighted by atomic mass is 9.86. The first-order valence-electron chi connectivity index (χ1n) is 8.45. The molecule has 0 radical (unpaired) electrons. The van der Waals surface area contributed by atoms with Gasteiger partial charge in [-0.1, -0.05) is 48.0 Å². The molecule has 0 aromatic heterocycles. The van der Waals surface area contributed by atoms with E-state index in [0.717, 1.165) is 17.9 Å². The molecule has 0 aliphatic carbocycles. The van der Waals surface area contributed by atoms with E-state index in [0.29, 0.717) is 5.54 Å². The molecule has 114 valence electrons. The Morgan fingerprint density at radius 2 is 1.79 bits per heavy atom. The van der Waals surface area contributed by atoms with Crippen LogP contribution in [-0.2, 0) is 0 Å². The fourth-order valence-electron chi connectivity index (χ4n) is 3.28. The first-order valence-corrected chi connectivity index (χ1v) is 8.45.